The molecule has 1 saturated heterocycles. The van der Waals surface area contributed by atoms with Crippen molar-refractivity contribution in [3.8, 4) is 57.5 Å². The van der Waals surface area contributed by atoms with Crippen LogP contribution in [0.15, 0.2) is 122 Å². The first-order chi connectivity index (χ1) is 42.3. The van der Waals surface area contributed by atoms with Crippen LogP contribution < -0.4 is 59.2 Å². The third-order valence-corrected chi connectivity index (χ3v) is 14.4. The first-order valence-corrected chi connectivity index (χ1v) is 28.6. The Morgan fingerprint density at radius 1 is 0.534 bits per heavy atom. The molecule has 4 amide bonds. The van der Waals surface area contributed by atoms with E-state index in [9.17, 15) is 35.9 Å². The number of nitrogens with zero attached hydrogens (tertiary/aromatic N) is 4. The van der Waals surface area contributed by atoms with Gasteiger partial charge in [-0.3, -0.25) is 9.97 Å². The summed E-state index contributed by atoms with van der Waals surface area (Å²) in [5, 5.41) is 10.3. The lowest BCUT2D eigenvalue weighted by atomic mass is 10.1. The monoisotopic (exact) mass is 1260 g/mol. The molecule has 11 rings (SSSR count). The fourth-order valence-corrected chi connectivity index (χ4v) is 10.1. The number of aromatic nitrogens is 2. The number of halogens is 8. The Kier molecular flexibility index (Phi) is 19.7. The smallest absolute Gasteiger partial charge is 0.417 e. The highest BCUT2D eigenvalue weighted by atomic mass is 35.5. The third-order valence-electron chi connectivity index (χ3n) is 13.7. The van der Waals surface area contributed by atoms with Crippen LogP contribution in [0.2, 0.25) is 10.0 Å². The number of benzene rings is 6. The minimum Gasteiger partial charge on any atom is -0.489 e. The zero-order chi connectivity index (χ0) is 62.0. The molecule has 2 aromatic heterocycles. The Bertz CT molecular complexity index is 3790. The topological polar surface area (TPSA) is 188 Å². The minimum absolute atomic E-state index is 0.0566. The van der Waals surface area contributed by atoms with Crippen molar-refractivity contribution in [1.29, 1.82) is 0 Å². The number of pyridine rings is 2. The quantitative estimate of drug-likeness (QED) is 0.0469. The van der Waals surface area contributed by atoms with Gasteiger partial charge >= 0.3 is 24.4 Å². The third kappa shape index (κ3) is 15.8. The number of likely N-dealkylation sites (tertiary alicyclic amines) is 1. The van der Waals surface area contributed by atoms with Gasteiger partial charge < -0.3 is 69.0 Å². The molecule has 4 N–H and O–H groups in total. The van der Waals surface area contributed by atoms with Crippen molar-refractivity contribution in [2.45, 2.75) is 38.0 Å². The standard InChI is InChI=1S/C32H30ClF3N4O5.C30H28ClF3N4O5/c33-24-9-6-21(18-23(24)32(34,35)36)39-31(41)38-20-4-7-22(8-5-20)45-26-10-11-37-25-19-27(29-30(28(25)26)44-17-16-43-29)42-15-3-14-40-12-1-2-13-40;1-38(2)12-3-13-40-25-17-23-26(28-27(25)41-14-15-42-28)24(10-11-35-23)43-20-7-4-18(5-8-20)36-29(39)37-19-6-9-22(31)21(16-19)30(32,33)34/h4-11,18-19H,1-3,12-17H2,(H2,38,39,41);4-11,16-17H,3,12-15H2,1-2H3,(H2,36,37,39). The first kappa shape index (κ1) is 62.2. The highest BCUT2D eigenvalue weighted by Crippen LogP contribution is 2.50. The summed E-state index contributed by atoms with van der Waals surface area (Å²) in [4.78, 5) is 38.4. The van der Waals surface area contributed by atoms with Gasteiger partial charge in [-0.1, -0.05) is 23.2 Å². The summed E-state index contributed by atoms with van der Waals surface area (Å²) in [6.45, 7) is 6.70. The van der Waals surface area contributed by atoms with E-state index < -0.39 is 45.6 Å². The molecule has 8 aromatic rings. The second-order valence-corrected chi connectivity index (χ2v) is 21.2. The molecule has 18 nitrogen and oxygen atoms in total. The van der Waals surface area contributed by atoms with Crippen molar-refractivity contribution < 1.29 is 73.8 Å². The number of carbonyl (C=O) groups is 2. The van der Waals surface area contributed by atoms with Crippen LogP contribution in [0, 0.1) is 0 Å². The highest BCUT2D eigenvalue weighted by molar-refractivity contribution is 6.32. The predicted octanol–water partition coefficient (Wildman–Crippen LogP) is 15.4. The van der Waals surface area contributed by atoms with Crippen LogP contribution in [0.1, 0.15) is 36.8 Å². The van der Waals surface area contributed by atoms with Crippen molar-refractivity contribution >= 4 is 79.8 Å². The number of hydrogen-bond donors (Lipinski definition) is 4. The van der Waals surface area contributed by atoms with Gasteiger partial charge in [-0.25, -0.2) is 9.59 Å². The van der Waals surface area contributed by atoms with Crippen LogP contribution in [0.5, 0.6) is 57.5 Å². The summed E-state index contributed by atoms with van der Waals surface area (Å²) in [5.74, 6) is 5.02. The number of amides is 4. The predicted molar refractivity (Wildman–Crippen MR) is 321 cm³/mol. The van der Waals surface area contributed by atoms with Crippen molar-refractivity contribution in [3.63, 3.8) is 0 Å². The summed E-state index contributed by atoms with van der Waals surface area (Å²) >= 11 is 11.3. The lowest BCUT2D eigenvalue weighted by Crippen LogP contribution is -2.22. The van der Waals surface area contributed by atoms with E-state index in [4.69, 9.17) is 61.1 Å². The van der Waals surface area contributed by atoms with E-state index in [0.717, 1.165) is 63.3 Å². The Morgan fingerprint density at radius 2 is 0.932 bits per heavy atom. The average Bonchev–Trinajstić information content (AvgIpc) is 1.25. The van der Waals surface area contributed by atoms with E-state index in [0.29, 0.717) is 130 Å². The number of alkyl halides is 6. The lowest BCUT2D eigenvalue weighted by molar-refractivity contribution is -0.138. The van der Waals surface area contributed by atoms with Gasteiger partial charge in [-0.05, 0) is 150 Å². The minimum atomic E-state index is -4.65. The first-order valence-electron chi connectivity index (χ1n) is 27.8. The lowest BCUT2D eigenvalue weighted by Gasteiger charge is -2.24. The van der Waals surface area contributed by atoms with E-state index in [1.165, 1.54) is 25.0 Å². The Labute approximate surface area is 510 Å². The van der Waals surface area contributed by atoms with Gasteiger partial charge in [0, 0.05) is 60.4 Å². The number of anilines is 4. The highest BCUT2D eigenvalue weighted by Gasteiger charge is 2.35. The molecule has 0 spiro atoms. The molecule has 88 heavy (non-hydrogen) atoms. The number of urea groups is 2. The second-order valence-electron chi connectivity index (χ2n) is 20.4. The fraction of sp³-hybridized carbons (Fsp3) is 0.290. The average molecular weight is 1260 g/mol. The summed E-state index contributed by atoms with van der Waals surface area (Å²) in [5.41, 5.74) is -0.188. The van der Waals surface area contributed by atoms with Gasteiger partial charge in [0.15, 0.2) is 23.0 Å². The summed E-state index contributed by atoms with van der Waals surface area (Å²) < 4.78 is 127. The molecule has 0 unspecified atom stereocenters. The number of carbonyl (C=O) groups excluding carboxylic acids is 2. The van der Waals surface area contributed by atoms with Gasteiger partial charge in [0.1, 0.15) is 49.4 Å². The van der Waals surface area contributed by atoms with Crippen molar-refractivity contribution in [2.24, 2.45) is 0 Å². The van der Waals surface area contributed by atoms with E-state index in [1.54, 1.807) is 79.1 Å². The summed E-state index contributed by atoms with van der Waals surface area (Å²) in [7, 11) is 4.01. The van der Waals surface area contributed by atoms with Gasteiger partial charge in [0.05, 0.1) is 56.2 Å². The molecule has 3 aliphatic heterocycles. The number of rotatable bonds is 18. The fourth-order valence-electron chi connectivity index (χ4n) is 9.67. The largest absolute Gasteiger partial charge is 0.489 e. The number of fused-ring (bicyclic) bond motifs is 6. The molecule has 462 valence electrons. The van der Waals surface area contributed by atoms with Crippen LogP contribution in [0.4, 0.5) is 58.7 Å². The molecule has 5 heterocycles. The van der Waals surface area contributed by atoms with Crippen molar-refractivity contribution in [2.75, 3.05) is 101 Å². The number of nitrogens with one attached hydrogen (secondary N) is 4. The zero-order valence-electron chi connectivity index (χ0n) is 47.3. The normalized spacial score (nSPS) is 13.8. The molecule has 3 aliphatic rings. The molecule has 0 aliphatic carbocycles. The molecule has 1 fully saturated rings. The van der Waals surface area contributed by atoms with E-state index >= 15 is 0 Å². The van der Waals surface area contributed by atoms with Crippen molar-refractivity contribution in [1.82, 2.24) is 19.8 Å². The van der Waals surface area contributed by atoms with E-state index in [2.05, 4.69) is 41.0 Å². The Balaban J connectivity index is 0.000000195. The van der Waals surface area contributed by atoms with E-state index in [1.807, 2.05) is 20.2 Å². The van der Waals surface area contributed by atoms with Crippen LogP contribution in [-0.4, -0.2) is 112 Å². The van der Waals surface area contributed by atoms with Gasteiger partial charge in [0.25, 0.3) is 0 Å². The van der Waals surface area contributed by atoms with Crippen LogP contribution >= 0.6 is 23.2 Å². The maximum Gasteiger partial charge on any atom is 0.417 e. The van der Waals surface area contributed by atoms with Crippen molar-refractivity contribution in [3.05, 3.63) is 143 Å². The van der Waals surface area contributed by atoms with Gasteiger partial charge in [0.2, 0.25) is 11.5 Å². The van der Waals surface area contributed by atoms with Gasteiger partial charge in [-0.2, -0.15) is 26.3 Å². The number of ether oxygens (including phenoxy) is 8. The second kappa shape index (κ2) is 27.9. The maximum absolute atomic E-state index is 13.1. The Hall–Kier alpha value is -8.84. The molecule has 0 bridgehead atoms. The van der Waals surface area contributed by atoms with E-state index in [-0.39, 0.29) is 11.4 Å². The Morgan fingerprint density at radius 3 is 1.35 bits per heavy atom. The molecule has 0 radical (unpaired) electrons. The molecule has 0 saturated carbocycles. The van der Waals surface area contributed by atoms with Crippen LogP contribution in [0.25, 0.3) is 21.8 Å². The molecular formula is C62H58Cl2F6N8O10. The number of hydrogen-bond acceptors (Lipinski definition) is 14. The summed E-state index contributed by atoms with van der Waals surface area (Å²) in [6.07, 6.45) is -1.82. The molecule has 6 aromatic carbocycles. The molecular weight excluding hydrogens is 1200 g/mol. The maximum atomic E-state index is 13.1. The zero-order valence-corrected chi connectivity index (χ0v) is 48.9. The molecule has 0 atom stereocenters. The van der Waals surface area contributed by atoms with Gasteiger partial charge in [-0.15, -0.1) is 0 Å². The van der Waals surface area contributed by atoms with Crippen LogP contribution in [-0.2, 0) is 12.4 Å². The van der Waals surface area contributed by atoms with Crippen LogP contribution in [0.3, 0.4) is 0 Å². The summed E-state index contributed by atoms with van der Waals surface area (Å²) in [6, 6.07) is 24.8. The SMILES string of the molecule is CN(C)CCCOc1cc2nccc(Oc3ccc(NC(=O)Nc4ccc(Cl)c(C(F)(F)F)c4)cc3)c2c2c1OCCO2.O=C(Nc1ccc(Oc2ccnc3cc(OCCCN4CCCC4)c4c(c23)OCCO4)cc1)Nc1ccc(Cl)c(C(F)(F)F)c1. The molecule has 26 heteroatoms.